The summed E-state index contributed by atoms with van der Waals surface area (Å²) in [6, 6.07) is 10.0. The maximum Gasteiger partial charge on any atom is 0.0942 e. The first kappa shape index (κ1) is 13.1. The fraction of sp³-hybridized carbons (Fsp3) is 0.625. The van der Waals surface area contributed by atoms with Crippen molar-refractivity contribution in [1.29, 1.82) is 0 Å². The number of nitrogens with zero attached hydrogens (tertiary/aromatic N) is 1. The third kappa shape index (κ3) is 2.55. The highest BCUT2D eigenvalue weighted by molar-refractivity contribution is 5.18. The molecule has 1 aliphatic carbocycles. The number of hydrogen-bond acceptors (Lipinski definition) is 3. The zero-order chi connectivity index (χ0) is 13.4. The summed E-state index contributed by atoms with van der Waals surface area (Å²) in [5, 5.41) is 20.2. The molecule has 0 amide bonds. The number of rotatable bonds is 3. The van der Waals surface area contributed by atoms with Crippen LogP contribution < -0.4 is 0 Å². The van der Waals surface area contributed by atoms with E-state index in [1.807, 2.05) is 30.3 Å². The summed E-state index contributed by atoms with van der Waals surface area (Å²) >= 11 is 0. The van der Waals surface area contributed by atoms with E-state index in [-0.39, 0.29) is 12.1 Å². The first-order valence-electron chi connectivity index (χ1n) is 7.30. The van der Waals surface area contributed by atoms with Crippen molar-refractivity contribution < 1.29 is 10.2 Å². The van der Waals surface area contributed by atoms with Crippen molar-refractivity contribution in [3.63, 3.8) is 0 Å². The second-order valence-corrected chi connectivity index (χ2v) is 6.20. The molecule has 19 heavy (non-hydrogen) atoms. The highest BCUT2D eigenvalue weighted by Crippen LogP contribution is 2.39. The van der Waals surface area contributed by atoms with Gasteiger partial charge in [-0.15, -0.1) is 0 Å². The SMILES string of the molecule is CC(C(O)c1ccccc1)N1C[C@H]2CC(O)C[C@H]2C1. The molecule has 2 fully saturated rings. The van der Waals surface area contributed by atoms with E-state index in [4.69, 9.17) is 0 Å². The molecule has 2 N–H and O–H groups in total. The largest absolute Gasteiger partial charge is 0.393 e. The van der Waals surface area contributed by atoms with Crippen LogP contribution in [0.5, 0.6) is 0 Å². The molecule has 1 aromatic carbocycles. The molecule has 3 nitrogen and oxygen atoms in total. The van der Waals surface area contributed by atoms with Crippen molar-refractivity contribution in [2.45, 2.75) is 38.0 Å². The van der Waals surface area contributed by atoms with Crippen molar-refractivity contribution in [1.82, 2.24) is 4.90 Å². The monoisotopic (exact) mass is 261 g/mol. The molecule has 0 bridgehead atoms. The van der Waals surface area contributed by atoms with Crippen molar-refractivity contribution in [3.05, 3.63) is 35.9 Å². The molecule has 0 spiro atoms. The average Bonchev–Trinajstić information content (AvgIpc) is 2.95. The molecule has 3 heteroatoms. The summed E-state index contributed by atoms with van der Waals surface area (Å²) in [6.07, 6.45) is 1.36. The highest BCUT2D eigenvalue weighted by Gasteiger charge is 2.42. The summed E-state index contributed by atoms with van der Waals surface area (Å²) in [7, 11) is 0. The second kappa shape index (κ2) is 5.23. The van der Waals surface area contributed by atoms with Gasteiger partial charge in [-0.1, -0.05) is 30.3 Å². The maximum absolute atomic E-state index is 10.5. The van der Waals surface area contributed by atoms with Gasteiger partial charge in [0.1, 0.15) is 0 Å². The van der Waals surface area contributed by atoms with Crippen LogP contribution in [0, 0.1) is 11.8 Å². The lowest BCUT2D eigenvalue weighted by molar-refractivity contribution is 0.0626. The molecule has 5 atom stereocenters. The molecule has 0 aromatic heterocycles. The van der Waals surface area contributed by atoms with E-state index in [1.165, 1.54) is 0 Å². The summed E-state index contributed by atoms with van der Waals surface area (Å²) in [5.41, 5.74) is 0.993. The lowest BCUT2D eigenvalue weighted by Crippen LogP contribution is -2.36. The number of hydrogen-bond donors (Lipinski definition) is 2. The summed E-state index contributed by atoms with van der Waals surface area (Å²) in [6.45, 7) is 4.15. The summed E-state index contributed by atoms with van der Waals surface area (Å²) < 4.78 is 0. The predicted molar refractivity (Wildman–Crippen MR) is 74.7 cm³/mol. The molecule has 0 radical (unpaired) electrons. The third-order valence-corrected chi connectivity index (χ3v) is 4.93. The van der Waals surface area contributed by atoms with Crippen molar-refractivity contribution in [2.24, 2.45) is 11.8 Å². The molecule has 104 valence electrons. The molecular formula is C16H23NO2. The lowest BCUT2D eigenvalue weighted by Gasteiger charge is -2.29. The first-order chi connectivity index (χ1) is 9.15. The van der Waals surface area contributed by atoms with E-state index in [9.17, 15) is 10.2 Å². The molecule has 1 aliphatic heterocycles. The number of fused-ring (bicyclic) bond motifs is 1. The Hall–Kier alpha value is -0.900. The van der Waals surface area contributed by atoms with Gasteiger partial charge in [0.15, 0.2) is 0 Å². The van der Waals surface area contributed by atoms with Crippen LogP contribution in [0.3, 0.4) is 0 Å². The average molecular weight is 261 g/mol. The van der Waals surface area contributed by atoms with E-state index < -0.39 is 6.10 Å². The smallest absolute Gasteiger partial charge is 0.0942 e. The Kier molecular flexibility index (Phi) is 3.61. The molecule has 3 rings (SSSR count). The Morgan fingerprint density at radius 1 is 1.11 bits per heavy atom. The zero-order valence-corrected chi connectivity index (χ0v) is 11.4. The van der Waals surface area contributed by atoms with Gasteiger partial charge in [0.2, 0.25) is 0 Å². The zero-order valence-electron chi connectivity index (χ0n) is 11.4. The summed E-state index contributed by atoms with van der Waals surface area (Å²) in [5.74, 6) is 1.25. The van der Waals surface area contributed by atoms with E-state index >= 15 is 0 Å². The minimum Gasteiger partial charge on any atom is -0.393 e. The topological polar surface area (TPSA) is 43.7 Å². The van der Waals surface area contributed by atoms with Crippen LogP contribution in [0.2, 0.25) is 0 Å². The minimum absolute atomic E-state index is 0.0912. The standard InChI is InChI=1S/C16H23NO2/c1-11(16(19)12-5-3-2-4-6-12)17-9-13-7-15(18)8-14(13)10-17/h2-6,11,13-16,18-19H,7-10H2,1H3/t11?,13-,14+,15?,16?. The van der Waals surface area contributed by atoms with Gasteiger partial charge in [-0.25, -0.2) is 0 Å². The second-order valence-electron chi connectivity index (χ2n) is 6.20. The van der Waals surface area contributed by atoms with Crippen LogP contribution in [-0.4, -0.2) is 40.3 Å². The predicted octanol–water partition coefficient (Wildman–Crippen LogP) is 1.81. The fourth-order valence-corrected chi connectivity index (χ4v) is 3.77. The van der Waals surface area contributed by atoms with Gasteiger partial charge in [-0.2, -0.15) is 0 Å². The van der Waals surface area contributed by atoms with E-state index in [0.717, 1.165) is 31.5 Å². The minimum atomic E-state index is -0.426. The van der Waals surface area contributed by atoms with Gasteiger partial charge in [-0.05, 0) is 37.2 Å². The third-order valence-electron chi connectivity index (χ3n) is 4.93. The molecule has 1 saturated carbocycles. The highest BCUT2D eigenvalue weighted by atomic mass is 16.3. The Labute approximate surface area is 114 Å². The number of aliphatic hydroxyl groups is 2. The lowest BCUT2D eigenvalue weighted by atomic mass is 10.0. The molecular weight excluding hydrogens is 238 g/mol. The molecule has 2 aliphatic rings. The van der Waals surface area contributed by atoms with E-state index in [0.29, 0.717) is 11.8 Å². The Morgan fingerprint density at radius 3 is 2.26 bits per heavy atom. The van der Waals surface area contributed by atoms with Crippen LogP contribution in [0.15, 0.2) is 30.3 Å². The van der Waals surface area contributed by atoms with Crippen molar-refractivity contribution in [2.75, 3.05) is 13.1 Å². The number of benzene rings is 1. The van der Waals surface area contributed by atoms with Crippen LogP contribution in [-0.2, 0) is 0 Å². The molecule has 1 saturated heterocycles. The van der Waals surface area contributed by atoms with Crippen molar-refractivity contribution >= 4 is 0 Å². The van der Waals surface area contributed by atoms with Gasteiger partial charge >= 0.3 is 0 Å². The number of aliphatic hydroxyl groups excluding tert-OH is 2. The fourth-order valence-electron chi connectivity index (χ4n) is 3.77. The van der Waals surface area contributed by atoms with Crippen molar-refractivity contribution in [3.8, 4) is 0 Å². The van der Waals surface area contributed by atoms with Gasteiger partial charge in [0.05, 0.1) is 12.2 Å². The van der Waals surface area contributed by atoms with Crippen LogP contribution in [0.4, 0.5) is 0 Å². The molecule has 1 heterocycles. The van der Waals surface area contributed by atoms with Crippen LogP contribution in [0.1, 0.15) is 31.4 Å². The van der Waals surface area contributed by atoms with Crippen LogP contribution >= 0.6 is 0 Å². The van der Waals surface area contributed by atoms with Gasteiger partial charge in [-0.3, -0.25) is 4.90 Å². The number of likely N-dealkylation sites (tertiary alicyclic amines) is 1. The Balaban J connectivity index is 1.64. The maximum atomic E-state index is 10.5. The summed E-state index contributed by atoms with van der Waals surface area (Å²) in [4.78, 5) is 2.39. The normalized spacial score (nSPS) is 34.2. The molecule has 3 unspecified atom stereocenters. The quantitative estimate of drug-likeness (QED) is 0.872. The Morgan fingerprint density at radius 2 is 1.68 bits per heavy atom. The first-order valence-corrected chi connectivity index (χ1v) is 7.30. The van der Waals surface area contributed by atoms with Gasteiger partial charge in [0, 0.05) is 19.1 Å². The van der Waals surface area contributed by atoms with Crippen LogP contribution in [0.25, 0.3) is 0 Å². The Bertz CT molecular complexity index is 408. The van der Waals surface area contributed by atoms with E-state index in [2.05, 4.69) is 11.8 Å². The van der Waals surface area contributed by atoms with E-state index in [1.54, 1.807) is 0 Å². The molecule has 1 aromatic rings. The van der Waals surface area contributed by atoms with Gasteiger partial charge in [0.25, 0.3) is 0 Å². The van der Waals surface area contributed by atoms with Gasteiger partial charge < -0.3 is 10.2 Å².